The zero-order valence-corrected chi connectivity index (χ0v) is 7.84. The van der Waals surface area contributed by atoms with E-state index >= 15 is 0 Å². The molecule has 0 amide bonds. The fourth-order valence-electron chi connectivity index (χ4n) is 1.70. The summed E-state index contributed by atoms with van der Waals surface area (Å²) in [4.78, 5) is 4.50. The minimum Gasteiger partial charge on any atom is -0.313 e. The highest BCUT2D eigenvalue weighted by Crippen LogP contribution is 2.19. The van der Waals surface area contributed by atoms with Gasteiger partial charge in [-0.2, -0.15) is 0 Å². The van der Waals surface area contributed by atoms with Crippen molar-refractivity contribution in [3.05, 3.63) is 0 Å². The lowest BCUT2D eigenvalue weighted by molar-refractivity contribution is 0.583. The molecule has 1 aliphatic rings. The maximum atomic E-state index is 5.25. The Kier molecular flexibility index (Phi) is 4.08. The van der Waals surface area contributed by atoms with Crippen molar-refractivity contribution in [3.8, 4) is 0 Å². The highest BCUT2D eigenvalue weighted by molar-refractivity contribution is 5.78. The lowest BCUT2D eigenvalue weighted by atomic mass is 10.1. The zero-order chi connectivity index (χ0) is 8.81. The van der Waals surface area contributed by atoms with Gasteiger partial charge >= 0.3 is 0 Å². The highest BCUT2D eigenvalue weighted by Gasteiger charge is 2.10. The van der Waals surface area contributed by atoms with Gasteiger partial charge in [-0.1, -0.05) is 25.7 Å². The second kappa shape index (κ2) is 5.14. The van der Waals surface area contributed by atoms with Gasteiger partial charge in [0.25, 0.3) is 0 Å². The van der Waals surface area contributed by atoms with Crippen LogP contribution in [0.2, 0.25) is 0 Å². The van der Waals surface area contributed by atoms with Gasteiger partial charge in [0.1, 0.15) is 5.84 Å². The third-order valence-electron chi connectivity index (χ3n) is 2.41. The number of nitrogens with two attached hydrogens (primary N) is 1. The summed E-state index contributed by atoms with van der Waals surface area (Å²) in [5.41, 5.74) is 2.58. The Labute approximate surface area is 74.4 Å². The number of hydrogen-bond acceptors (Lipinski definition) is 2. The Morgan fingerprint density at radius 3 is 2.33 bits per heavy atom. The molecule has 3 nitrogen and oxygen atoms in total. The summed E-state index contributed by atoms with van der Waals surface area (Å²) in [6.07, 6.45) is 7.87. The molecule has 0 unspecified atom stereocenters. The number of rotatable bonds is 1. The molecule has 3 N–H and O–H groups in total. The van der Waals surface area contributed by atoms with E-state index in [2.05, 4.69) is 10.4 Å². The molecule has 0 atom stereocenters. The molecular weight excluding hydrogens is 150 g/mol. The van der Waals surface area contributed by atoms with E-state index in [1.165, 1.54) is 38.5 Å². The Bertz CT molecular complexity index is 146. The Morgan fingerprint density at radius 1 is 1.25 bits per heavy atom. The molecule has 1 saturated carbocycles. The van der Waals surface area contributed by atoms with Crippen LogP contribution in [0.5, 0.6) is 0 Å². The van der Waals surface area contributed by atoms with Gasteiger partial charge in [0, 0.05) is 0 Å². The van der Waals surface area contributed by atoms with E-state index in [9.17, 15) is 0 Å². The summed E-state index contributed by atoms with van der Waals surface area (Å²) in [5, 5.41) is 0. The fourth-order valence-corrected chi connectivity index (χ4v) is 1.70. The average molecular weight is 169 g/mol. The van der Waals surface area contributed by atoms with Crippen LogP contribution in [-0.2, 0) is 0 Å². The molecule has 0 aromatic heterocycles. The van der Waals surface area contributed by atoms with Crippen LogP contribution in [0, 0.1) is 0 Å². The molecule has 0 bridgehead atoms. The quantitative estimate of drug-likeness (QED) is 0.206. The van der Waals surface area contributed by atoms with E-state index < -0.39 is 0 Å². The lowest BCUT2D eigenvalue weighted by Crippen LogP contribution is -2.29. The zero-order valence-electron chi connectivity index (χ0n) is 7.84. The molecule has 12 heavy (non-hydrogen) atoms. The van der Waals surface area contributed by atoms with E-state index in [0.29, 0.717) is 6.04 Å². The topological polar surface area (TPSA) is 50.4 Å². The molecule has 3 heteroatoms. The molecule has 1 aliphatic carbocycles. The van der Waals surface area contributed by atoms with Gasteiger partial charge in [0.2, 0.25) is 0 Å². The van der Waals surface area contributed by atoms with E-state index in [4.69, 9.17) is 5.84 Å². The average Bonchev–Trinajstić information content (AvgIpc) is 2.33. The third-order valence-corrected chi connectivity index (χ3v) is 2.41. The first-order chi connectivity index (χ1) is 5.83. The summed E-state index contributed by atoms with van der Waals surface area (Å²) in [5.74, 6) is 6.11. The number of nitrogens with one attached hydrogen (secondary N) is 1. The molecule has 0 heterocycles. The number of hydrogen-bond donors (Lipinski definition) is 2. The van der Waals surface area contributed by atoms with Crippen molar-refractivity contribution in [2.24, 2.45) is 10.8 Å². The molecule has 0 spiro atoms. The van der Waals surface area contributed by atoms with Crippen LogP contribution in [-0.4, -0.2) is 11.9 Å². The molecular formula is C9H19N3. The van der Waals surface area contributed by atoms with E-state index in [1.54, 1.807) is 0 Å². The largest absolute Gasteiger partial charge is 0.313 e. The van der Waals surface area contributed by atoms with Gasteiger partial charge in [-0.3, -0.25) is 4.99 Å². The van der Waals surface area contributed by atoms with E-state index in [0.717, 1.165) is 5.84 Å². The number of amidine groups is 1. The van der Waals surface area contributed by atoms with Crippen LogP contribution in [0.25, 0.3) is 0 Å². The number of nitrogens with zero attached hydrogens (tertiary/aromatic N) is 1. The van der Waals surface area contributed by atoms with E-state index in [-0.39, 0.29) is 0 Å². The predicted octanol–water partition coefficient (Wildman–Crippen LogP) is 1.59. The molecule has 1 fully saturated rings. The molecule has 1 rings (SSSR count). The van der Waals surface area contributed by atoms with Gasteiger partial charge < -0.3 is 5.43 Å². The van der Waals surface area contributed by atoms with Crippen LogP contribution in [0.4, 0.5) is 0 Å². The van der Waals surface area contributed by atoms with Crippen LogP contribution < -0.4 is 11.3 Å². The highest BCUT2D eigenvalue weighted by atomic mass is 15.2. The van der Waals surface area contributed by atoms with Crippen molar-refractivity contribution < 1.29 is 0 Å². The van der Waals surface area contributed by atoms with Crippen molar-refractivity contribution in [1.29, 1.82) is 0 Å². The van der Waals surface area contributed by atoms with Crippen molar-refractivity contribution >= 4 is 5.84 Å². The smallest absolute Gasteiger partial charge is 0.107 e. The minimum atomic E-state index is 0.517. The predicted molar refractivity (Wildman–Crippen MR) is 51.9 cm³/mol. The van der Waals surface area contributed by atoms with Gasteiger partial charge in [-0.25, -0.2) is 5.84 Å². The molecule has 0 aliphatic heterocycles. The molecule has 0 saturated heterocycles. The monoisotopic (exact) mass is 169 g/mol. The van der Waals surface area contributed by atoms with Crippen molar-refractivity contribution in [2.75, 3.05) is 0 Å². The van der Waals surface area contributed by atoms with Gasteiger partial charge in [0.05, 0.1) is 6.04 Å². The summed E-state index contributed by atoms with van der Waals surface area (Å²) in [6.45, 7) is 1.92. The van der Waals surface area contributed by atoms with Crippen LogP contribution >= 0.6 is 0 Å². The second-order valence-electron chi connectivity index (χ2n) is 3.50. The first kappa shape index (κ1) is 9.52. The first-order valence-corrected chi connectivity index (χ1v) is 4.84. The maximum absolute atomic E-state index is 5.25. The molecule has 0 aromatic rings. The summed E-state index contributed by atoms with van der Waals surface area (Å²) in [6, 6.07) is 0.517. The normalized spacial score (nSPS) is 22.0. The summed E-state index contributed by atoms with van der Waals surface area (Å²) >= 11 is 0. The standard InChI is InChI=1S/C9H19N3/c1-8(12-10)11-9-6-4-2-3-5-7-9/h9H,2-7,10H2,1H3,(H,11,12). The van der Waals surface area contributed by atoms with Gasteiger partial charge in [-0.05, 0) is 19.8 Å². The van der Waals surface area contributed by atoms with Crippen molar-refractivity contribution in [1.82, 2.24) is 5.43 Å². The third kappa shape index (κ3) is 3.22. The second-order valence-corrected chi connectivity index (χ2v) is 3.50. The maximum Gasteiger partial charge on any atom is 0.107 e. The fraction of sp³-hybridized carbons (Fsp3) is 0.889. The first-order valence-electron chi connectivity index (χ1n) is 4.84. The Balaban J connectivity index is 2.38. The van der Waals surface area contributed by atoms with Crippen LogP contribution in [0.15, 0.2) is 4.99 Å². The lowest BCUT2D eigenvalue weighted by Gasteiger charge is -2.09. The summed E-state index contributed by atoms with van der Waals surface area (Å²) in [7, 11) is 0. The van der Waals surface area contributed by atoms with Crippen LogP contribution in [0.3, 0.4) is 0 Å². The molecule has 70 valence electrons. The van der Waals surface area contributed by atoms with Crippen molar-refractivity contribution in [2.45, 2.75) is 51.5 Å². The van der Waals surface area contributed by atoms with E-state index in [1.807, 2.05) is 6.92 Å². The van der Waals surface area contributed by atoms with Gasteiger partial charge in [-0.15, -0.1) is 0 Å². The van der Waals surface area contributed by atoms with Gasteiger partial charge in [0.15, 0.2) is 0 Å². The van der Waals surface area contributed by atoms with Crippen LogP contribution in [0.1, 0.15) is 45.4 Å². The Morgan fingerprint density at radius 2 is 1.83 bits per heavy atom. The number of aliphatic imine (C=N–C) groups is 1. The number of hydrazine groups is 1. The minimum absolute atomic E-state index is 0.517. The molecule has 0 aromatic carbocycles. The molecule has 0 radical (unpaired) electrons. The SMILES string of the molecule is CC(=NC1CCCCCC1)NN. The summed E-state index contributed by atoms with van der Waals surface area (Å²) < 4.78 is 0. The Hall–Kier alpha value is -0.570. The van der Waals surface area contributed by atoms with Crippen molar-refractivity contribution in [3.63, 3.8) is 0 Å².